The average Bonchev–Trinajstić information content (AvgIpc) is 3.05. The summed E-state index contributed by atoms with van der Waals surface area (Å²) in [5.41, 5.74) is 0.474. The average molecular weight is 368 g/mol. The van der Waals surface area contributed by atoms with Crippen LogP contribution in [0.3, 0.4) is 0 Å². The fraction of sp³-hybridized carbons (Fsp3) is 0.312. The summed E-state index contributed by atoms with van der Waals surface area (Å²) < 4.78 is 30.1. The maximum absolute atomic E-state index is 12.0. The third kappa shape index (κ3) is 5.93. The van der Waals surface area contributed by atoms with Gasteiger partial charge in [-0.1, -0.05) is 18.2 Å². The monoisotopic (exact) mass is 368 g/mol. The molecule has 0 radical (unpaired) electrons. The number of carbonyl (C=O) groups excluding carboxylic acids is 1. The number of hydrogen-bond acceptors (Lipinski definition) is 5. The number of anilines is 1. The van der Waals surface area contributed by atoms with Gasteiger partial charge in [0.15, 0.2) is 0 Å². The van der Waals surface area contributed by atoms with E-state index in [2.05, 4.69) is 5.32 Å². The van der Waals surface area contributed by atoms with Crippen molar-refractivity contribution in [1.82, 2.24) is 5.32 Å². The van der Waals surface area contributed by atoms with Crippen molar-refractivity contribution in [2.45, 2.75) is 5.75 Å². The molecule has 0 spiro atoms. The molecule has 1 aromatic carbocycles. The molecule has 8 heteroatoms. The molecule has 0 bridgehead atoms. The van der Waals surface area contributed by atoms with Crippen LogP contribution in [0.15, 0.2) is 53.1 Å². The van der Waals surface area contributed by atoms with E-state index in [1.54, 1.807) is 48.4 Å². The van der Waals surface area contributed by atoms with Gasteiger partial charge in [0.1, 0.15) is 12.3 Å². The minimum absolute atomic E-state index is 0.230. The largest absolute Gasteiger partial charge is 0.468 e. The summed E-state index contributed by atoms with van der Waals surface area (Å²) in [6.45, 7) is 0.238. The van der Waals surface area contributed by atoms with Crippen LogP contribution in [-0.2, 0) is 20.6 Å². The molecule has 0 saturated heterocycles. The maximum Gasteiger partial charge on any atom is 0.240 e. The highest BCUT2D eigenvalue weighted by Crippen LogP contribution is 2.16. The molecule has 0 aliphatic rings. The third-order valence-corrected chi connectivity index (χ3v) is 5.25. The van der Waals surface area contributed by atoms with Crippen molar-refractivity contribution in [3.05, 3.63) is 54.5 Å². The number of para-hydroxylation sites is 1. The summed E-state index contributed by atoms with van der Waals surface area (Å²) in [4.78, 5) is 12.0. The molecule has 0 aliphatic heterocycles. The van der Waals surface area contributed by atoms with Gasteiger partial charge in [-0.2, -0.15) is 11.8 Å². The van der Waals surface area contributed by atoms with Crippen molar-refractivity contribution in [3.63, 3.8) is 0 Å². The molecule has 1 N–H and O–H groups in total. The maximum atomic E-state index is 12.0. The number of rotatable bonds is 9. The standard InChI is InChI=1S/C16H20N2O4S2/c1-24(20,21)18(14-6-3-2-4-7-14)12-16(19)17-9-11-23-13-15-8-5-10-22-15/h2-8,10H,9,11-13H2,1H3,(H,17,19). The lowest BCUT2D eigenvalue weighted by Gasteiger charge is -2.21. The third-order valence-electron chi connectivity index (χ3n) is 3.12. The van der Waals surface area contributed by atoms with Crippen molar-refractivity contribution >= 4 is 33.4 Å². The Morgan fingerprint density at radius 3 is 2.58 bits per heavy atom. The van der Waals surface area contributed by atoms with Crippen molar-refractivity contribution in [1.29, 1.82) is 0 Å². The van der Waals surface area contributed by atoms with Crippen LogP contribution in [0.5, 0.6) is 0 Å². The number of hydrogen-bond donors (Lipinski definition) is 1. The van der Waals surface area contributed by atoms with Gasteiger partial charge in [-0.3, -0.25) is 9.10 Å². The number of furan rings is 1. The van der Waals surface area contributed by atoms with Gasteiger partial charge < -0.3 is 9.73 Å². The summed E-state index contributed by atoms with van der Waals surface area (Å²) in [7, 11) is -3.52. The summed E-state index contributed by atoms with van der Waals surface area (Å²) in [6, 6.07) is 12.3. The molecule has 0 atom stereocenters. The lowest BCUT2D eigenvalue weighted by Crippen LogP contribution is -2.41. The number of amides is 1. The summed E-state index contributed by atoms with van der Waals surface area (Å²) >= 11 is 1.63. The Bertz CT molecular complexity index is 731. The molecule has 0 saturated carbocycles. The zero-order valence-electron chi connectivity index (χ0n) is 13.3. The number of benzene rings is 1. The summed E-state index contributed by atoms with van der Waals surface area (Å²) in [5, 5.41) is 2.74. The fourth-order valence-corrected chi connectivity index (χ4v) is 3.62. The van der Waals surface area contributed by atoms with E-state index in [0.29, 0.717) is 12.2 Å². The predicted octanol–water partition coefficient (Wildman–Crippen LogP) is 2.10. The fourth-order valence-electron chi connectivity index (χ4n) is 2.01. The predicted molar refractivity (Wildman–Crippen MR) is 96.5 cm³/mol. The molecule has 6 nitrogen and oxygen atoms in total. The normalized spacial score (nSPS) is 11.2. The lowest BCUT2D eigenvalue weighted by atomic mass is 10.3. The zero-order chi connectivity index (χ0) is 17.4. The summed E-state index contributed by atoms with van der Waals surface area (Å²) in [6.07, 6.45) is 2.72. The van der Waals surface area contributed by atoms with E-state index >= 15 is 0 Å². The van der Waals surface area contributed by atoms with Gasteiger partial charge in [-0.25, -0.2) is 8.42 Å². The molecule has 2 aromatic rings. The number of sulfonamides is 1. The van der Waals surface area contributed by atoms with Gasteiger partial charge in [0.25, 0.3) is 0 Å². The van der Waals surface area contributed by atoms with Gasteiger partial charge in [0.2, 0.25) is 15.9 Å². The van der Waals surface area contributed by atoms with Crippen LogP contribution in [0.2, 0.25) is 0 Å². The van der Waals surface area contributed by atoms with Gasteiger partial charge in [-0.05, 0) is 24.3 Å². The van der Waals surface area contributed by atoms with E-state index in [0.717, 1.165) is 27.8 Å². The highest BCUT2D eigenvalue weighted by molar-refractivity contribution is 7.98. The minimum Gasteiger partial charge on any atom is -0.468 e. The summed E-state index contributed by atoms with van der Waals surface area (Å²) in [5.74, 6) is 2.01. The first-order valence-corrected chi connectivity index (χ1v) is 10.4. The first kappa shape index (κ1) is 18.4. The first-order chi connectivity index (χ1) is 11.5. The highest BCUT2D eigenvalue weighted by Gasteiger charge is 2.20. The first-order valence-electron chi connectivity index (χ1n) is 7.36. The van der Waals surface area contributed by atoms with Crippen LogP contribution in [0.25, 0.3) is 0 Å². The smallest absolute Gasteiger partial charge is 0.240 e. The quantitative estimate of drug-likeness (QED) is 0.686. The van der Waals surface area contributed by atoms with E-state index in [-0.39, 0.29) is 12.5 Å². The molecule has 0 aliphatic carbocycles. The second-order valence-electron chi connectivity index (χ2n) is 5.09. The second kappa shape index (κ2) is 8.79. The van der Waals surface area contributed by atoms with Crippen LogP contribution in [0.4, 0.5) is 5.69 Å². The lowest BCUT2D eigenvalue weighted by molar-refractivity contribution is -0.119. The second-order valence-corrected chi connectivity index (χ2v) is 8.10. The molecular weight excluding hydrogens is 348 g/mol. The van der Waals surface area contributed by atoms with Crippen molar-refractivity contribution in [3.8, 4) is 0 Å². The van der Waals surface area contributed by atoms with Gasteiger partial charge in [-0.15, -0.1) is 0 Å². The zero-order valence-corrected chi connectivity index (χ0v) is 15.0. The van der Waals surface area contributed by atoms with E-state index in [1.165, 1.54) is 0 Å². The molecule has 2 rings (SSSR count). The molecule has 0 fully saturated rings. The van der Waals surface area contributed by atoms with Crippen molar-refractivity contribution < 1.29 is 17.6 Å². The van der Waals surface area contributed by atoms with Gasteiger partial charge in [0, 0.05) is 12.3 Å². The topological polar surface area (TPSA) is 79.6 Å². The minimum atomic E-state index is -3.52. The van der Waals surface area contributed by atoms with E-state index in [4.69, 9.17) is 4.42 Å². The Morgan fingerprint density at radius 1 is 1.21 bits per heavy atom. The van der Waals surface area contributed by atoms with E-state index in [9.17, 15) is 13.2 Å². The van der Waals surface area contributed by atoms with Crippen molar-refractivity contribution in [2.24, 2.45) is 0 Å². The number of nitrogens with one attached hydrogen (secondary N) is 1. The molecule has 0 unspecified atom stereocenters. The van der Waals surface area contributed by atoms with Crippen LogP contribution in [0, 0.1) is 0 Å². The Labute approximate surface area is 146 Å². The van der Waals surface area contributed by atoms with Crippen LogP contribution in [0.1, 0.15) is 5.76 Å². The molecular formula is C16H20N2O4S2. The number of nitrogens with zero attached hydrogens (tertiary/aromatic N) is 1. The molecule has 1 aromatic heterocycles. The van der Waals surface area contributed by atoms with Gasteiger partial charge >= 0.3 is 0 Å². The van der Waals surface area contributed by atoms with Crippen LogP contribution >= 0.6 is 11.8 Å². The SMILES string of the molecule is CS(=O)(=O)N(CC(=O)NCCSCc1ccco1)c1ccccc1. The Morgan fingerprint density at radius 2 is 1.96 bits per heavy atom. The van der Waals surface area contributed by atoms with Crippen molar-refractivity contribution in [2.75, 3.05) is 29.4 Å². The highest BCUT2D eigenvalue weighted by atomic mass is 32.2. The van der Waals surface area contributed by atoms with Gasteiger partial charge in [0.05, 0.1) is 24.0 Å². The van der Waals surface area contributed by atoms with Crippen LogP contribution in [-0.4, -0.2) is 39.4 Å². The molecule has 24 heavy (non-hydrogen) atoms. The molecule has 1 amide bonds. The Hall–Kier alpha value is -1.93. The van der Waals surface area contributed by atoms with E-state index in [1.807, 2.05) is 12.1 Å². The Kier molecular flexibility index (Phi) is 6.74. The number of thioether (sulfide) groups is 1. The Balaban J connectivity index is 1.78. The number of carbonyl (C=O) groups is 1. The molecule has 1 heterocycles. The van der Waals surface area contributed by atoms with Crippen LogP contribution < -0.4 is 9.62 Å². The molecule has 130 valence electrons. The van der Waals surface area contributed by atoms with E-state index < -0.39 is 10.0 Å².